The summed E-state index contributed by atoms with van der Waals surface area (Å²) in [6.45, 7) is 0. The van der Waals surface area contributed by atoms with Gasteiger partial charge >= 0.3 is 11.8 Å². The third-order valence-corrected chi connectivity index (χ3v) is 4.10. The molecule has 0 fully saturated rings. The Morgan fingerprint density at radius 2 is 1.78 bits per heavy atom. The largest absolute Gasteiger partial charge is 0.481 e. The second-order valence-corrected chi connectivity index (χ2v) is 5.38. The number of hydrogen-bond acceptors (Lipinski definition) is 7. The van der Waals surface area contributed by atoms with Crippen LogP contribution in [0.3, 0.4) is 0 Å². The molecule has 3 rings (SSSR count). The van der Waals surface area contributed by atoms with E-state index in [0.29, 0.717) is 0 Å². The fourth-order valence-electron chi connectivity index (χ4n) is 2.21. The first-order chi connectivity index (χ1) is 10.9. The fraction of sp³-hybridized carbons (Fsp3) is 0.214. The van der Waals surface area contributed by atoms with Crippen molar-refractivity contribution in [1.82, 2.24) is 9.97 Å². The summed E-state index contributed by atoms with van der Waals surface area (Å²) in [6, 6.07) is 4.24. The Morgan fingerprint density at radius 3 is 2.35 bits per heavy atom. The van der Waals surface area contributed by atoms with E-state index in [4.69, 9.17) is 37.4 Å². The van der Waals surface area contributed by atoms with Crippen molar-refractivity contribution >= 4 is 29.2 Å². The van der Waals surface area contributed by atoms with E-state index in [1.165, 1.54) is 32.4 Å². The summed E-state index contributed by atoms with van der Waals surface area (Å²) >= 11 is 12.1. The van der Waals surface area contributed by atoms with Crippen LogP contribution >= 0.6 is 23.2 Å². The Morgan fingerprint density at radius 1 is 1.17 bits per heavy atom. The van der Waals surface area contributed by atoms with Crippen LogP contribution in [-0.4, -0.2) is 35.3 Å². The zero-order chi connectivity index (χ0) is 16.8. The van der Waals surface area contributed by atoms with Gasteiger partial charge in [0.25, 0.3) is 0 Å². The molecule has 0 saturated heterocycles. The van der Waals surface area contributed by atoms with Crippen LogP contribution in [0.2, 0.25) is 10.0 Å². The van der Waals surface area contributed by atoms with Crippen LogP contribution in [0.15, 0.2) is 18.2 Å². The van der Waals surface area contributed by atoms with Gasteiger partial charge in [-0.15, -0.1) is 0 Å². The number of aliphatic hydroxyl groups is 1. The average molecular weight is 357 g/mol. The number of aromatic nitrogens is 2. The molecule has 0 amide bonds. The van der Waals surface area contributed by atoms with Gasteiger partial charge in [-0.25, -0.2) is 4.79 Å². The highest BCUT2D eigenvalue weighted by Crippen LogP contribution is 2.45. The molecule has 2 heterocycles. The molecule has 120 valence electrons. The van der Waals surface area contributed by atoms with E-state index in [1.807, 2.05) is 0 Å². The second kappa shape index (κ2) is 5.52. The van der Waals surface area contributed by atoms with Gasteiger partial charge in [0.2, 0.25) is 17.6 Å². The first-order valence-electron chi connectivity index (χ1n) is 6.32. The first kappa shape index (κ1) is 15.8. The molecule has 1 aliphatic heterocycles. The quantitative estimate of drug-likeness (QED) is 0.842. The summed E-state index contributed by atoms with van der Waals surface area (Å²) in [5.41, 5.74) is 0.0549. The molecule has 0 bridgehead atoms. The van der Waals surface area contributed by atoms with Gasteiger partial charge in [0.1, 0.15) is 0 Å². The van der Waals surface area contributed by atoms with Crippen LogP contribution in [0, 0.1) is 0 Å². The Hall–Kier alpha value is -2.09. The standard InChI is InChI=1S/C14H10Cl2N2O5/c1-21-8-5-9(22-2)18-13(17-8)14(20)10-6(12(19)23-14)3-4-7(15)11(10)16/h3-5,20H,1-2H3. The maximum Gasteiger partial charge on any atom is 0.341 e. The summed E-state index contributed by atoms with van der Waals surface area (Å²) in [7, 11) is 2.77. The van der Waals surface area contributed by atoms with E-state index in [9.17, 15) is 9.90 Å². The zero-order valence-corrected chi connectivity index (χ0v) is 13.5. The molecule has 1 N–H and O–H groups in total. The SMILES string of the molecule is COc1cc(OC)nc(C2(O)OC(=O)c3ccc(Cl)c(Cl)c32)n1. The Kier molecular flexibility index (Phi) is 3.79. The highest BCUT2D eigenvalue weighted by molar-refractivity contribution is 6.43. The van der Waals surface area contributed by atoms with Crippen molar-refractivity contribution in [2.24, 2.45) is 0 Å². The van der Waals surface area contributed by atoms with Crippen LogP contribution in [0.25, 0.3) is 0 Å². The zero-order valence-electron chi connectivity index (χ0n) is 12.0. The summed E-state index contributed by atoms with van der Waals surface area (Å²) in [6.07, 6.45) is 0. The van der Waals surface area contributed by atoms with Gasteiger partial charge in [-0.1, -0.05) is 23.2 Å². The topological polar surface area (TPSA) is 90.8 Å². The van der Waals surface area contributed by atoms with Gasteiger partial charge in [0.05, 0.1) is 41.5 Å². The number of halogens is 2. The third-order valence-electron chi connectivity index (χ3n) is 3.29. The molecule has 9 heteroatoms. The molecule has 23 heavy (non-hydrogen) atoms. The number of benzene rings is 1. The molecule has 7 nitrogen and oxygen atoms in total. The molecule has 1 atom stereocenters. The van der Waals surface area contributed by atoms with Crippen LogP contribution in [0.4, 0.5) is 0 Å². The summed E-state index contributed by atoms with van der Waals surface area (Å²) < 4.78 is 15.1. The molecule has 0 spiro atoms. The van der Waals surface area contributed by atoms with Crippen LogP contribution in [-0.2, 0) is 10.5 Å². The number of rotatable bonds is 3. The Labute approximate surface area is 140 Å². The van der Waals surface area contributed by atoms with E-state index in [0.717, 1.165) is 0 Å². The maximum absolute atomic E-state index is 12.0. The summed E-state index contributed by atoms with van der Waals surface area (Å²) in [5, 5.41) is 11.0. The molecule has 1 aromatic carbocycles. The average Bonchev–Trinajstić information content (AvgIpc) is 2.82. The van der Waals surface area contributed by atoms with Gasteiger partial charge in [0.15, 0.2) is 0 Å². The van der Waals surface area contributed by atoms with Gasteiger partial charge in [-0.2, -0.15) is 9.97 Å². The van der Waals surface area contributed by atoms with Gasteiger partial charge in [-0.3, -0.25) is 0 Å². The van der Waals surface area contributed by atoms with Gasteiger partial charge in [-0.05, 0) is 12.1 Å². The molecule has 2 aromatic rings. The molecule has 0 radical (unpaired) electrons. The minimum atomic E-state index is -2.30. The lowest BCUT2D eigenvalue weighted by atomic mass is 10.0. The van der Waals surface area contributed by atoms with E-state index in [-0.39, 0.29) is 38.8 Å². The predicted octanol–water partition coefficient (Wildman–Crippen LogP) is 2.16. The number of fused-ring (bicyclic) bond motifs is 1. The Bertz CT molecular complexity index is 792. The molecule has 0 saturated carbocycles. The Balaban J connectivity index is 2.26. The fourth-order valence-corrected chi connectivity index (χ4v) is 2.66. The number of esters is 1. The highest BCUT2D eigenvalue weighted by Gasteiger charge is 2.50. The number of cyclic esters (lactones) is 1. The lowest BCUT2D eigenvalue weighted by Gasteiger charge is -2.22. The predicted molar refractivity (Wildman–Crippen MR) is 80.0 cm³/mol. The van der Waals surface area contributed by atoms with Crippen LogP contribution in [0.1, 0.15) is 21.7 Å². The number of hydrogen-bond donors (Lipinski definition) is 1. The molecule has 1 aliphatic rings. The molecule has 1 aromatic heterocycles. The van der Waals surface area contributed by atoms with E-state index in [2.05, 4.69) is 9.97 Å². The highest BCUT2D eigenvalue weighted by atomic mass is 35.5. The minimum absolute atomic E-state index is 0.0213. The van der Waals surface area contributed by atoms with Crippen molar-refractivity contribution in [1.29, 1.82) is 0 Å². The van der Waals surface area contributed by atoms with Crippen molar-refractivity contribution in [3.63, 3.8) is 0 Å². The smallest absolute Gasteiger partial charge is 0.341 e. The van der Waals surface area contributed by atoms with E-state index in [1.54, 1.807) is 0 Å². The summed E-state index contributed by atoms with van der Waals surface area (Å²) in [4.78, 5) is 20.1. The molecular formula is C14H10Cl2N2O5. The number of carbonyl (C=O) groups excluding carboxylic acids is 1. The maximum atomic E-state index is 12.0. The number of nitrogens with zero attached hydrogens (tertiary/aromatic N) is 2. The monoisotopic (exact) mass is 356 g/mol. The lowest BCUT2D eigenvalue weighted by molar-refractivity contribution is -0.135. The minimum Gasteiger partial charge on any atom is -0.481 e. The summed E-state index contributed by atoms with van der Waals surface area (Å²) in [5.74, 6) is -3.10. The van der Waals surface area contributed by atoms with Crippen LogP contribution < -0.4 is 9.47 Å². The number of carbonyl (C=O) groups is 1. The third kappa shape index (κ3) is 2.37. The number of methoxy groups -OCH3 is 2. The van der Waals surface area contributed by atoms with Crippen molar-refractivity contribution in [3.05, 3.63) is 45.2 Å². The normalized spacial score (nSPS) is 19.3. The second-order valence-electron chi connectivity index (χ2n) is 4.59. The molecular weight excluding hydrogens is 347 g/mol. The van der Waals surface area contributed by atoms with Gasteiger partial charge < -0.3 is 19.3 Å². The van der Waals surface area contributed by atoms with Crippen molar-refractivity contribution in [2.75, 3.05) is 14.2 Å². The van der Waals surface area contributed by atoms with E-state index >= 15 is 0 Å². The first-order valence-corrected chi connectivity index (χ1v) is 7.08. The van der Waals surface area contributed by atoms with Crippen molar-refractivity contribution in [3.8, 4) is 11.8 Å². The lowest BCUT2D eigenvalue weighted by Crippen LogP contribution is -2.30. The number of ether oxygens (including phenoxy) is 3. The van der Waals surface area contributed by atoms with E-state index < -0.39 is 11.8 Å². The van der Waals surface area contributed by atoms with Crippen molar-refractivity contribution < 1.29 is 24.1 Å². The van der Waals surface area contributed by atoms with Crippen LogP contribution in [0.5, 0.6) is 11.8 Å². The molecule has 0 aliphatic carbocycles. The van der Waals surface area contributed by atoms with Crippen molar-refractivity contribution in [2.45, 2.75) is 5.79 Å². The molecule has 1 unspecified atom stereocenters. The van der Waals surface area contributed by atoms with Gasteiger partial charge in [0, 0.05) is 0 Å².